The van der Waals surface area contributed by atoms with Gasteiger partial charge in [0.15, 0.2) is 0 Å². The molecule has 3 heteroatoms. The number of hydrogen-bond acceptors (Lipinski definition) is 3. The number of likely N-dealkylation sites (tertiary alicyclic amines) is 1. The SMILES string of the molecule is c1ccc(CO[C@@H]2CO[C@@]3(CCN(CC4CC4)C3)C2)cc1. The van der Waals surface area contributed by atoms with Crippen molar-refractivity contribution in [2.24, 2.45) is 5.92 Å². The predicted molar refractivity (Wildman–Crippen MR) is 82.1 cm³/mol. The van der Waals surface area contributed by atoms with Gasteiger partial charge in [0, 0.05) is 26.1 Å². The maximum atomic E-state index is 6.17. The molecule has 2 atom stereocenters. The molecule has 1 aliphatic carbocycles. The monoisotopic (exact) mass is 287 g/mol. The van der Waals surface area contributed by atoms with Crippen LogP contribution >= 0.6 is 0 Å². The minimum absolute atomic E-state index is 0.0935. The third-order valence-electron chi connectivity index (χ3n) is 5.11. The van der Waals surface area contributed by atoms with Crippen LogP contribution in [0.5, 0.6) is 0 Å². The molecule has 1 spiro atoms. The number of rotatable bonds is 5. The summed E-state index contributed by atoms with van der Waals surface area (Å²) >= 11 is 0. The fraction of sp³-hybridized carbons (Fsp3) is 0.667. The first-order valence-corrected chi connectivity index (χ1v) is 8.33. The summed E-state index contributed by atoms with van der Waals surface area (Å²) in [6.07, 6.45) is 5.40. The van der Waals surface area contributed by atoms with Crippen molar-refractivity contribution < 1.29 is 9.47 Å². The van der Waals surface area contributed by atoms with Crippen LogP contribution in [0.3, 0.4) is 0 Å². The van der Waals surface area contributed by atoms with Crippen molar-refractivity contribution >= 4 is 0 Å². The van der Waals surface area contributed by atoms with E-state index >= 15 is 0 Å². The van der Waals surface area contributed by atoms with E-state index in [-0.39, 0.29) is 11.7 Å². The molecule has 21 heavy (non-hydrogen) atoms. The van der Waals surface area contributed by atoms with Gasteiger partial charge in [-0.05, 0) is 30.7 Å². The van der Waals surface area contributed by atoms with Crippen LogP contribution in [0.1, 0.15) is 31.2 Å². The number of nitrogens with zero attached hydrogens (tertiary/aromatic N) is 1. The van der Waals surface area contributed by atoms with Crippen LogP contribution in [0.4, 0.5) is 0 Å². The van der Waals surface area contributed by atoms with E-state index in [1.54, 1.807) is 0 Å². The second kappa shape index (κ2) is 5.71. The van der Waals surface area contributed by atoms with Gasteiger partial charge in [0.1, 0.15) is 0 Å². The Bertz CT molecular complexity index is 473. The molecule has 0 amide bonds. The molecule has 2 saturated heterocycles. The van der Waals surface area contributed by atoms with Gasteiger partial charge in [-0.25, -0.2) is 0 Å². The van der Waals surface area contributed by atoms with Crippen molar-refractivity contribution in [3.05, 3.63) is 35.9 Å². The Morgan fingerprint density at radius 3 is 2.90 bits per heavy atom. The molecular formula is C18H25NO2. The molecule has 0 aromatic heterocycles. The second-order valence-electron chi connectivity index (χ2n) is 7.05. The van der Waals surface area contributed by atoms with E-state index < -0.39 is 0 Å². The summed E-state index contributed by atoms with van der Waals surface area (Å²) in [5.74, 6) is 0.978. The smallest absolute Gasteiger partial charge is 0.0847 e. The van der Waals surface area contributed by atoms with Crippen molar-refractivity contribution in [3.8, 4) is 0 Å². The Labute approximate surface area is 127 Å². The number of benzene rings is 1. The van der Waals surface area contributed by atoms with Crippen LogP contribution in [0.2, 0.25) is 0 Å². The van der Waals surface area contributed by atoms with Gasteiger partial charge in [-0.2, -0.15) is 0 Å². The first kappa shape index (κ1) is 13.7. The van der Waals surface area contributed by atoms with Gasteiger partial charge < -0.3 is 14.4 Å². The zero-order chi connectivity index (χ0) is 14.1. The van der Waals surface area contributed by atoms with E-state index in [9.17, 15) is 0 Å². The normalized spacial score (nSPS) is 33.0. The van der Waals surface area contributed by atoms with Crippen LogP contribution in [0, 0.1) is 5.92 Å². The van der Waals surface area contributed by atoms with Gasteiger partial charge in [0.2, 0.25) is 0 Å². The third-order valence-corrected chi connectivity index (χ3v) is 5.11. The molecule has 114 valence electrons. The molecule has 1 aromatic carbocycles. The average Bonchev–Trinajstić information content (AvgIpc) is 3.11. The summed E-state index contributed by atoms with van der Waals surface area (Å²) in [5.41, 5.74) is 1.34. The molecule has 2 heterocycles. The summed E-state index contributed by atoms with van der Waals surface area (Å²) < 4.78 is 12.2. The summed E-state index contributed by atoms with van der Waals surface area (Å²) in [6.45, 7) is 5.10. The number of hydrogen-bond donors (Lipinski definition) is 0. The van der Waals surface area contributed by atoms with Gasteiger partial charge in [0.25, 0.3) is 0 Å². The van der Waals surface area contributed by atoms with Crippen molar-refractivity contribution in [2.45, 2.75) is 44.0 Å². The Hall–Kier alpha value is -0.900. The predicted octanol–water partition coefficient (Wildman–Crippen LogP) is 2.85. The molecular weight excluding hydrogens is 262 g/mol. The van der Waals surface area contributed by atoms with Crippen molar-refractivity contribution in [1.82, 2.24) is 4.90 Å². The molecule has 0 bridgehead atoms. The van der Waals surface area contributed by atoms with Crippen LogP contribution < -0.4 is 0 Å². The number of ether oxygens (including phenoxy) is 2. The molecule has 4 rings (SSSR count). The zero-order valence-corrected chi connectivity index (χ0v) is 12.7. The first-order chi connectivity index (χ1) is 10.3. The van der Waals surface area contributed by atoms with Gasteiger partial charge in [-0.3, -0.25) is 0 Å². The molecule has 1 saturated carbocycles. The lowest BCUT2D eigenvalue weighted by molar-refractivity contribution is -0.000240. The van der Waals surface area contributed by atoms with E-state index in [0.717, 1.165) is 25.5 Å². The van der Waals surface area contributed by atoms with Gasteiger partial charge in [-0.1, -0.05) is 30.3 Å². The summed E-state index contributed by atoms with van der Waals surface area (Å²) in [4.78, 5) is 2.61. The minimum Gasteiger partial charge on any atom is -0.371 e. The maximum absolute atomic E-state index is 6.17. The summed E-state index contributed by atoms with van der Waals surface area (Å²) in [6, 6.07) is 10.4. The second-order valence-corrected chi connectivity index (χ2v) is 7.05. The van der Waals surface area contributed by atoms with Crippen LogP contribution in [0.25, 0.3) is 0 Å². The van der Waals surface area contributed by atoms with Gasteiger partial charge in [0.05, 0.1) is 24.9 Å². The first-order valence-electron chi connectivity index (χ1n) is 8.33. The fourth-order valence-electron chi connectivity index (χ4n) is 3.73. The lowest BCUT2D eigenvalue weighted by Crippen LogP contribution is -2.33. The molecule has 2 aliphatic heterocycles. The molecule has 3 fully saturated rings. The average molecular weight is 287 g/mol. The lowest BCUT2D eigenvalue weighted by Gasteiger charge is -2.23. The van der Waals surface area contributed by atoms with E-state index in [4.69, 9.17) is 9.47 Å². The highest BCUT2D eigenvalue weighted by atomic mass is 16.6. The molecule has 1 aromatic rings. The molecule has 3 nitrogen and oxygen atoms in total. The molecule has 0 unspecified atom stereocenters. The van der Waals surface area contributed by atoms with E-state index in [1.807, 2.05) is 6.07 Å². The summed E-state index contributed by atoms with van der Waals surface area (Å²) in [7, 11) is 0. The molecule has 0 radical (unpaired) electrons. The van der Waals surface area contributed by atoms with Crippen LogP contribution in [-0.4, -0.2) is 42.8 Å². The standard InChI is InChI=1S/C18H25NO2/c1-2-4-16(5-3-1)12-20-17-10-18(21-13-17)8-9-19(14-18)11-15-6-7-15/h1-5,15,17H,6-14H2/t17-,18-/m0/s1. The Morgan fingerprint density at radius 1 is 1.24 bits per heavy atom. The highest BCUT2D eigenvalue weighted by Crippen LogP contribution is 2.38. The van der Waals surface area contributed by atoms with Crippen LogP contribution in [-0.2, 0) is 16.1 Å². The Morgan fingerprint density at radius 2 is 2.10 bits per heavy atom. The fourth-order valence-corrected chi connectivity index (χ4v) is 3.73. The van der Waals surface area contributed by atoms with Crippen molar-refractivity contribution in [1.29, 1.82) is 0 Å². The lowest BCUT2D eigenvalue weighted by atomic mass is 9.98. The molecule has 0 N–H and O–H groups in total. The van der Waals surface area contributed by atoms with E-state index in [0.29, 0.717) is 6.61 Å². The topological polar surface area (TPSA) is 21.7 Å². The van der Waals surface area contributed by atoms with E-state index in [2.05, 4.69) is 29.2 Å². The van der Waals surface area contributed by atoms with E-state index in [1.165, 1.54) is 37.9 Å². The minimum atomic E-state index is 0.0935. The summed E-state index contributed by atoms with van der Waals surface area (Å²) in [5, 5.41) is 0. The van der Waals surface area contributed by atoms with Crippen molar-refractivity contribution in [2.75, 3.05) is 26.2 Å². The van der Waals surface area contributed by atoms with Gasteiger partial charge >= 0.3 is 0 Å². The zero-order valence-electron chi connectivity index (χ0n) is 12.7. The largest absolute Gasteiger partial charge is 0.371 e. The quantitative estimate of drug-likeness (QED) is 0.831. The van der Waals surface area contributed by atoms with Gasteiger partial charge in [-0.15, -0.1) is 0 Å². The Kier molecular flexibility index (Phi) is 3.74. The maximum Gasteiger partial charge on any atom is 0.0847 e. The van der Waals surface area contributed by atoms with Crippen LogP contribution in [0.15, 0.2) is 30.3 Å². The third kappa shape index (κ3) is 3.31. The Balaban J connectivity index is 1.26. The van der Waals surface area contributed by atoms with Crippen molar-refractivity contribution in [3.63, 3.8) is 0 Å². The highest BCUT2D eigenvalue weighted by molar-refractivity contribution is 5.13. The highest BCUT2D eigenvalue weighted by Gasteiger charge is 2.46. The molecule has 3 aliphatic rings.